The number of anilines is 1. The Morgan fingerprint density at radius 3 is 2.37 bits per heavy atom. The molecule has 0 aliphatic carbocycles. The van der Waals surface area contributed by atoms with E-state index in [1.807, 2.05) is 12.1 Å². The summed E-state index contributed by atoms with van der Waals surface area (Å²) in [5.41, 5.74) is 1.61. The van der Waals surface area contributed by atoms with Crippen LogP contribution < -0.4 is 10.6 Å². The van der Waals surface area contributed by atoms with E-state index in [0.29, 0.717) is 5.69 Å². The van der Waals surface area contributed by atoms with E-state index in [2.05, 4.69) is 12.2 Å². The molecular formula is C13H17F3N2O. The maximum absolute atomic E-state index is 11.9. The summed E-state index contributed by atoms with van der Waals surface area (Å²) in [6.07, 6.45) is -1.27. The summed E-state index contributed by atoms with van der Waals surface area (Å²) in [6.45, 7) is 0.758. The van der Waals surface area contributed by atoms with Gasteiger partial charge in [-0.15, -0.1) is 0 Å². The Morgan fingerprint density at radius 2 is 1.84 bits per heavy atom. The number of carbonyl (C=O) groups excluding carboxylic acids is 1. The number of amides is 2. The lowest BCUT2D eigenvalue weighted by Crippen LogP contribution is -2.36. The minimum atomic E-state index is -4.40. The Morgan fingerprint density at radius 1 is 1.21 bits per heavy atom. The van der Waals surface area contributed by atoms with Gasteiger partial charge in [0.1, 0.15) is 6.54 Å². The van der Waals surface area contributed by atoms with Gasteiger partial charge in [0.15, 0.2) is 0 Å². The molecule has 0 saturated carbocycles. The zero-order valence-electron chi connectivity index (χ0n) is 10.7. The first-order valence-corrected chi connectivity index (χ1v) is 6.11. The fourth-order valence-corrected chi connectivity index (χ4v) is 1.49. The number of hydrogen-bond donors (Lipinski definition) is 2. The molecule has 1 rings (SSSR count). The molecule has 0 saturated heterocycles. The quantitative estimate of drug-likeness (QED) is 0.844. The lowest BCUT2D eigenvalue weighted by Gasteiger charge is -2.10. The number of alkyl halides is 3. The molecule has 106 valence electrons. The average Bonchev–Trinajstić information content (AvgIpc) is 2.35. The summed E-state index contributed by atoms with van der Waals surface area (Å²) in [5.74, 6) is 0. The number of benzene rings is 1. The van der Waals surface area contributed by atoms with Crippen molar-refractivity contribution in [2.75, 3.05) is 11.9 Å². The summed E-state index contributed by atoms with van der Waals surface area (Å²) in [4.78, 5) is 11.2. The molecule has 2 N–H and O–H groups in total. The molecule has 19 heavy (non-hydrogen) atoms. The predicted octanol–water partition coefficient (Wildman–Crippen LogP) is 3.71. The van der Waals surface area contributed by atoms with Crippen LogP contribution in [0.15, 0.2) is 24.3 Å². The molecule has 0 bridgehead atoms. The van der Waals surface area contributed by atoms with Gasteiger partial charge in [0.2, 0.25) is 0 Å². The van der Waals surface area contributed by atoms with E-state index in [1.165, 1.54) is 0 Å². The van der Waals surface area contributed by atoms with E-state index in [9.17, 15) is 18.0 Å². The highest BCUT2D eigenvalue weighted by molar-refractivity contribution is 5.89. The van der Waals surface area contributed by atoms with Crippen molar-refractivity contribution in [3.63, 3.8) is 0 Å². The third kappa shape index (κ3) is 6.69. The fourth-order valence-electron chi connectivity index (χ4n) is 1.49. The number of urea groups is 1. The zero-order chi connectivity index (χ0) is 14.3. The van der Waals surface area contributed by atoms with E-state index in [1.54, 1.807) is 17.4 Å². The van der Waals surface area contributed by atoms with E-state index < -0.39 is 18.8 Å². The Balaban J connectivity index is 2.42. The van der Waals surface area contributed by atoms with Gasteiger partial charge in [-0.25, -0.2) is 4.79 Å². The van der Waals surface area contributed by atoms with Crippen LogP contribution in [-0.2, 0) is 6.42 Å². The number of nitrogens with one attached hydrogen (secondary N) is 2. The molecule has 0 atom stereocenters. The van der Waals surface area contributed by atoms with Crippen LogP contribution in [0.25, 0.3) is 0 Å². The monoisotopic (exact) mass is 274 g/mol. The highest BCUT2D eigenvalue weighted by atomic mass is 19.4. The minimum Gasteiger partial charge on any atom is -0.329 e. The van der Waals surface area contributed by atoms with Crippen LogP contribution in [0, 0.1) is 0 Å². The molecule has 0 radical (unpaired) electrons. The number of aryl methyl sites for hydroxylation is 1. The van der Waals surface area contributed by atoms with Crippen LogP contribution in [0.4, 0.5) is 23.7 Å². The fraction of sp³-hybridized carbons (Fsp3) is 0.462. The number of halogens is 3. The van der Waals surface area contributed by atoms with Crippen molar-refractivity contribution in [1.82, 2.24) is 5.32 Å². The molecule has 0 heterocycles. The molecular weight excluding hydrogens is 257 g/mol. The van der Waals surface area contributed by atoms with Crippen LogP contribution in [0.1, 0.15) is 25.3 Å². The van der Waals surface area contributed by atoms with Gasteiger partial charge in [0, 0.05) is 5.69 Å². The van der Waals surface area contributed by atoms with Gasteiger partial charge < -0.3 is 10.6 Å². The summed E-state index contributed by atoms with van der Waals surface area (Å²) in [6, 6.07) is 6.21. The maximum atomic E-state index is 11.9. The van der Waals surface area contributed by atoms with Gasteiger partial charge in [-0.05, 0) is 30.5 Å². The van der Waals surface area contributed by atoms with Crippen molar-refractivity contribution < 1.29 is 18.0 Å². The first-order valence-electron chi connectivity index (χ1n) is 6.11. The van der Waals surface area contributed by atoms with Crippen molar-refractivity contribution >= 4 is 11.7 Å². The number of rotatable bonds is 5. The number of unbranched alkanes of at least 4 members (excludes halogenated alkanes) is 1. The summed E-state index contributed by atoms with van der Waals surface area (Å²) in [7, 11) is 0. The summed E-state index contributed by atoms with van der Waals surface area (Å²) < 4.78 is 35.7. The number of carbonyl (C=O) groups is 1. The highest BCUT2D eigenvalue weighted by Gasteiger charge is 2.27. The van der Waals surface area contributed by atoms with Gasteiger partial charge in [-0.3, -0.25) is 0 Å². The molecule has 6 heteroatoms. The van der Waals surface area contributed by atoms with Crippen molar-refractivity contribution in [2.45, 2.75) is 32.4 Å². The molecule has 0 fully saturated rings. The SMILES string of the molecule is CCCCc1ccc(NC(=O)NCC(F)(F)F)cc1. The topological polar surface area (TPSA) is 41.1 Å². The van der Waals surface area contributed by atoms with E-state index in [0.717, 1.165) is 24.8 Å². The molecule has 1 aromatic carbocycles. The third-order valence-electron chi connectivity index (χ3n) is 2.48. The highest BCUT2D eigenvalue weighted by Crippen LogP contribution is 2.13. The Labute approximate surface area is 110 Å². The normalized spacial score (nSPS) is 11.2. The average molecular weight is 274 g/mol. The predicted molar refractivity (Wildman–Crippen MR) is 68.1 cm³/mol. The first-order chi connectivity index (χ1) is 8.90. The molecule has 2 amide bonds. The first kappa shape index (κ1) is 15.3. The van der Waals surface area contributed by atoms with Crippen molar-refractivity contribution in [2.24, 2.45) is 0 Å². The Kier molecular flexibility index (Phi) is 5.66. The smallest absolute Gasteiger partial charge is 0.329 e. The second-order valence-corrected chi connectivity index (χ2v) is 4.22. The second-order valence-electron chi connectivity index (χ2n) is 4.22. The van der Waals surface area contributed by atoms with Crippen molar-refractivity contribution in [3.05, 3.63) is 29.8 Å². The lowest BCUT2D eigenvalue weighted by molar-refractivity contribution is -0.122. The third-order valence-corrected chi connectivity index (χ3v) is 2.48. The Bertz CT molecular complexity index is 401. The van der Waals surface area contributed by atoms with Gasteiger partial charge >= 0.3 is 12.2 Å². The van der Waals surface area contributed by atoms with Gasteiger partial charge in [0.05, 0.1) is 0 Å². The Hall–Kier alpha value is -1.72. The summed E-state index contributed by atoms with van der Waals surface area (Å²) in [5, 5.41) is 4.09. The largest absolute Gasteiger partial charge is 0.405 e. The minimum absolute atomic E-state index is 0.472. The molecule has 3 nitrogen and oxygen atoms in total. The maximum Gasteiger partial charge on any atom is 0.405 e. The van der Waals surface area contributed by atoms with E-state index >= 15 is 0 Å². The van der Waals surface area contributed by atoms with Gasteiger partial charge in [-0.2, -0.15) is 13.2 Å². The van der Waals surface area contributed by atoms with E-state index in [4.69, 9.17) is 0 Å². The van der Waals surface area contributed by atoms with Crippen LogP contribution in [0.3, 0.4) is 0 Å². The molecule has 0 aliphatic heterocycles. The summed E-state index contributed by atoms with van der Waals surface area (Å²) >= 11 is 0. The molecule has 0 aromatic heterocycles. The van der Waals surface area contributed by atoms with Gasteiger partial charge in [0.25, 0.3) is 0 Å². The standard InChI is InChI=1S/C13H17F3N2O/c1-2-3-4-10-5-7-11(8-6-10)18-12(19)17-9-13(14,15)16/h5-8H,2-4,9H2,1H3,(H2,17,18,19). The molecule has 0 unspecified atom stereocenters. The van der Waals surface area contributed by atoms with Crippen molar-refractivity contribution in [3.8, 4) is 0 Å². The second kappa shape index (κ2) is 7.01. The lowest BCUT2D eigenvalue weighted by atomic mass is 10.1. The van der Waals surface area contributed by atoms with Crippen LogP contribution in [0.2, 0.25) is 0 Å². The molecule has 0 aliphatic rings. The van der Waals surface area contributed by atoms with E-state index in [-0.39, 0.29) is 0 Å². The molecule has 0 spiro atoms. The van der Waals surface area contributed by atoms with Crippen LogP contribution in [0.5, 0.6) is 0 Å². The van der Waals surface area contributed by atoms with Crippen LogP contribution >= 0.6 is 0 Å². The van der Waals surface area contributed by atoms with Gasteiger partial charge in [-0.1, -0.05) is 25.5 Å². The van der Waals surface area contributed by atoms with Crippen molar-refractivity contribution in [1.29, 1.82) is 0 Å². The number of hydrogen-bond acceptors (Lipinski definition) is 1. The molecule has 1 aromatic rings. The van der Waals surface area contributed by atoms with Crippen LogP contribution in [-0.4, -0.2) is 18.8 Å². The zero-order valence-corrected chi connectivity index (χ0v) is 10.7.